The van der Waals surface area contributed by atoms with Gasteiger partial charge in [0.25, 0.3) is 4.84 Å². The molecule has 2 heterocycles. The number of benzene rings is 1. The number of pyridine rings is 1. The first kappa shape index (κ1) is 16.1. The van der Waals surface area contributed by atoms with Gasteiger partial charge in [-0.3, -0.25) is 9.78 Å². The summed E-state index contributed by atoms with van der Waals surface area (Å²) in [5.41, 5.74) is 2.66. The van der Waals surface area contributed by atoms with E-state index >= 15 is 0 Å². The molecule has 2 aromatic heterocycles. The van der Waals surface area contributed by atoms with Gasteiger partial charge >= 0.3 is 0 Å². The molecular weight excluding hydrogens is 324 g/mol. The highest BCUT2D eigenvalue weighted by atomic mass is 32.1. The van der Waals surface area contributed by atoms with Gasteiger partial charge in [0.1, 0.15) is 6.54 Å². The largest absolute Gasteiger partial charge is 0.409 e. The van der Waals surface area contributed by atoms with Crippen molar-refractivity contribution in [2.24, 2.45) is 0 Å². The molecule has 1 N–H and O–H groups in total. The highest BCUT2D eigenvalue weighted by Gasteiger charge is 2.11. The minimum absolute atomic E-state index is 0.0157. The Balaban J connectivity index is 1.70. The first-order valence-corrected chi connectivity index (χ1v) is 7.93. The zero-order valence-electron chi connectivity index (χ0n) is 13.1. The van der Waals surface area contributed by atoms with Gasteiger partial charge in [0.15, 0.2) is 0 Å². The Labute approximate surface area is 144 Å². The summed E-state index contributed by atoms with van der Waals surface area (Å²) in [5.74, 6) is 0.120. The summed E-state index contributed by atoms with van der Waals surface area (Å²) in [7, 11) is 0. The summed E-state index contributed by atoms with van der Waals surface area (Å²) in [6.07, 6.45) is 4.24. The third kappa shape index (κ3) is 3.75. The zero-order valence-corrected chi connectivity index (χ0v) is 13.9. The molecule has 0 radical (unpaired) electrons. The number of nitrogens with one attached hydrogen (secondary N) is 1. The monoisotopic (exact) mass is 340 g/mol. The molecule has 0 aliphatic carbocycles. The number of hydrogen-bond donors (Lipinski definition) is 1. The van der Waals surface area contributed by atoms with Crippen LogP contribution in [0.2, 0.25) is 0 Å². The van der Waals surface area contributed by atoms with Gasteiger partial charge in [-0.05, 0) is 48.5 Å². The molecule has 1 amide bonds. The Bertz CT molecular complexity index is 885. The fourth-order valence-electron chi connectivity index (χ4n) is 2.17. The number of amides is 1. The van der Waals surface area contributed by atoms with E-state index < -0.39 is 0 Å². The van der Waals surface area contributed by atoms with Crippen molar-refractivity contribution in [2.75, 3.05) is 5.32 Å². The van der Waals surface area contributed by atoms with Crippen LogP contribution in [0, 0.1) is 4.84 Å². The Kier molecular flexibility index (Phi) is 4.81. The molecule has 0 fully saturated rings. The molecule has 24 heavy (non-hydrogen) atoms. The second-order valence-electron chi connectivity index (χ2n) is 5.17. The van der Waals surface area contributed by atoms with E-state index in [1.54, 1.807) is 18.5 Å². The van der Waals surface area contributed by atoms with E-state index in [-0.39, 0.29) is 17.3 Å². The van der Waals surface area contributed by atoms with Crippen LogP contribution in [0.15, 0.2) is 53.2 Å². The lowest BCUT2D eigenvalue weighted by atomic mass is 10.1. The number of carbonyl (C=O) groups is 1. The molecule has 0 bridgehead atoms. The number of aromatic nitrogens is 3. The molecule has 3 aromatic rings. The molecule has 0 saturated carbocycles. The van der Waals surface area contributed by atoms with Crippen LogP contribution in [0.5, 0.6) is 0 Å². The molecule has 7 heteroatoms. The van der Waals surface area contributed by atoms with Crippen molar-refractivity contribution in [1.82, 2.24) is 14.8 Å². The third-order valence-electron chi connectivity index (χ3n) is 3.45. The van der Waals surface area contributed by atoms with Crippen molar-refractivity contribution in [3.63, 3.8) is 0 Å². The molecule has 6 nitrogen and oxygen atoms in total. The molecule has 122 valence electrons. The molecule has 3 rings (SSSR count). The van der Waals surface area contributed by atoms with Gasteiger partial charge in [0.05, 0.1) is 5.56 Å². The van der Waals surface area contributed by atoms with E-state index in [9.17, 15) is 4.79 Å². The predicted molar refractivity (Wildman–Crippen MR) is 93.0 cm³/mol. The second kappa shape index (κ2) is 7.18. The van der Waals surface area contributed by atoms with Crippen molar-refractivity contribution >= 4 is 23.8 Å². The Hall–Kier alpha value is -2.80. The molecule has 0 aliphatic heterocycles. The van der Waals surface area contributed by atoms with Gasteiger partial charge < -0.3 is 9.73 Å². The standard InChI is InChI=1S/C17H16N4O2S/c1-2-12-5-7-14(8-6-12)19-15(22)11-21-17(24)23-16(20-21)13-4-3-9-18-10-13/h3-10H,2,11H2,1H3,(H,19,22). The van der Waals surface area contributed by atoms with E-state index in [2.05, 4.69) is 22.3 Å². The topological polar surface area (TPSA) is 73.0 Å². The van der Waals surface area contributed by atoms with Crippen molar-refractivity contribution in [3.05, 3.63) is 59.2 Å². The minimum atomic E-state index is -0.221. The smallest absolute Gasteiger partial charge is 0.287 e. The molecule has 0 spiro atoms. The fraction of sp³-hybridized carbons (Fsp3) is 0.176. The summed E-state index contributed by atoms with van der Waals surface area (Å²) < 4.78 is 6.78. The van der Waals surface area contributed by atoms with Gasteiger partial charge in [0, 0.05) is 18.1 Å². The number of anilines is 1. The average Bonchev–Trinajstić information content (AvgIpc) is 2.97. The SMILES string of the molecule is CCc1ccc(NC(=O)Cn2nc(-c3cccnc3)oc2=S)cc1. The van der Waals surface area contributed by atoms with Crippen LogP contribution in [0.25, 0.3) is 11.5 Å². The van der Waals surface area contributed by atoms with Crippen LogP contribution < -0.4 is 5.32 Å². The lowest BCUT2D eigenvalue weighted by molar-refractivity contribution is -0.117. The average molecular weight is 340 g/mol. The maximum atomic E-state index is 12.2. The summed E-state index contributed by atoms with van der Waals surface area (Å²) in [6.45, 7) is 2.07. The second-order valence-corrected chi connectivity index (χ2v) is 5.52. The van der Waals surface area contributed by atoms with Gasteiger partial charge in [-0.15, -0.1) is 5.10 Å². The van der Waals surface area contributed by atoms with Crippen molar-refractivity contribution in [1.29, 1.82) is 0 Å². The Morgan fingerprint density at radius 3 is 2.75 bits per heavy atom. The van der Waals surface area contributed by atoms with Crippen LogP contribution >= 0.6 is 12.2 Å². The van der Waals surface area contributed by atoms with Crippen LogP contribution in [-0.2, 0) is 17.8 Å². The highest BCUT2D eigenvalue weighted by Crippen LogP contribution is 2.16. The summed E-state index contributed by atoms with van der Waals surface area (Å²) in [4.78, 5) is 16.3. The van der Waals surface area contributed by atoms with Crippen LogP contribution in [-0.4, -0.2) is 20.7 Å². The maximum Gasteiger partial charge on any atom is 0.287 e. The number of carbonyl (C=O) groups excluding carboxylic acids is 1. The number of nitrogens with zero attached hydrogens (tertiary/aromatic N) is 3. The summed E-state index contributed by atoms with van der Waals surface area (Å²) in [5, 5.41) is 7.05. The Morgan fingerprint density at radius 2 is 2.08 bits per heavy atom. The van der Waals surface area contributed by atoms with Gasteiger partial charge in [-0.2, -0.15) is 0 Å². The van der Waals surface area contributed by atoms with Gasteiger partial charge in [0.2, 0.25) is 11.8 Å². The number of hydrogen-bond acceptors (Lipinski definition) is 5. The molecule has 0 aliphatic rings. The van der Waals surface area contributed by atoms with Crippen LogP contribution in [0.3, 0.4) is 0 Å². The fourth-order valence-corrected chi connectivity index (χ4v) is 2.36. The first-order chi connectivity index (χ1) is 11.7. The lowest BCUT2D eigenvalue weighted by Crippen LogP contribution is -2.19. The summed E-state index contributed by atoms with van der Waals surface area (Å²) in [6, 6.07) is 11.3. The van der Waals surface area contributed by atoms with E-state index in [1.807, 2.05) is 30.3 Å². The number of rotatable bonds is 5. The van der Waals surface area contributed by atoms with E-state index in [1.165, 1.54) is 10.2 Å². The van der Waals surface area contributed by atoms with E-state index in [0.717, 1.165) is 12.1 Å². The van der Waals surface area contributed by atoms with E-state index in [0.29, 0.717) is 11.5 Å². The van der Waals surface area contributed by atoms with E-state index in [4.69, 9.17) is 16.6 Å². The minimum Gasteiger partial charge on any atom is -0.409 e. The Morgan fingerprint density at radius 1 is 1.29 bits per heavy atom. The molecule has 0 unspecified atom stereocenters. The third-order valence-corrected chi connectivity index (χ3v) is 3.75. The first-order valence-electron chi connectivity index (χ1n) is 7.53. The van der Waals surface area contributed by atoms with Crippen LogP contribution in [0.4, 0.5) is 5.69 Å². The molecule has 1 aromatic carbocycles. The quantitative estimate of drug-likeness (QED) is 0.720. The normalized spacial score (nSPS) is 10.5. The van der Waals surface area contributed by atoms with Crippen LogP contribution in [0.1, 0.15) is 12.5 Å². The predicted octanol–water partition coefficient (Wildman–Crippen LogP) is 3.47. The van der Waals surface area contributed by atoms with Crippen molar-refractivity contribution in [2.45, 2.75) is 19.9 Å². The number of aryl methyl sites for hydroxylation is 1. The maximum absolute atomic E-state index is 12.2. The molecule has 0 saturated heterocycles. The molecule has 0 atom stereocenters. The highest BCUT2D eigenvalue weighted by molar-refractivity contribution is 7.71. The van der Waals surface area contributed by atoms with Crippen molar-refractivity contribution < 1.29 is 9.21 Å². The molecular formula is C17H16N4O2S. The lowest BCUT2D eigenvalue weighted by Gasteiger charge is -2.05. The van der Waals surface area contributed by atoms with Crippen molar-refractivity contribution in [3.8, 4) is 11.5 Å². The van der Waals surface area contributed by atoms with Gasteiger partial charge in [-0.1, -0.05) is 19.1 Å². The van der Waals surface area contributed by atoms with Gasteiger partial charge in [-0.25, -0.2) is 4.68 Å². The zero-order chi connectivity index (χ0) is 16.9. The summed E-state index contributed by atoms with van der Waals surface area (Å²) >= 11 is 5.12.